The van der Waals surface area contributed by atoms with Crippen molar-refractivity contribution in [2.45, 2.75) is 50.3 Å². The van der Waals surface area contributed by atoms with Crippen molar-refractivity contribution in [1.82, 2.24) is 5.01 Å². The van der Waals surface area contributed by atoms with Crippen LogP contribution in [0.15, 0.2) is 47.6 Å². The molecule has 5 nitrogen and oxygen atoms in total. The number of methoxy groups -OCH3 is 2. The lowest BCUT2D eigenvalue weighted by Crippen LogP contribution is -2.54. The number of ether oxygens (including phenoxy) is 3. The van der Waals surface area contributed by atoms with Crippen molar-refractivity contribution in [3.63, 3.8) is 0 Å². The van der Waals surface area contributed by atoms with Crippen LogP contribution in [-0.2, 0) is 0 Å². The molecule has 1 fully saturated rings. The maximum atomic E-state index is 6.69. The predicted octanol–water partition coefficient (Wildman–Crippen LogP) is 4.91. The minimum Gasteiger partial charge on any atom is -0.497 e. The van der Waals surface area contributed by atoms with Gasteiger partial charge in [-0.15, -0.1) is 0 Å². The number of hydrogen-bond donors (Lipinski definition) is 0. The quantitative estimate of drug-likeness (QED) is 0.761. The van der Waals surface area contributed by atoms with Gasteiger partial charge in [0.05, 0.1) is 26.0 Å². The van der Waals surface area contributed by atoms with Crippen LogP contribution in [0, 0.1) is 0 Å². The fraction of sp³-hybridized carbons (Fsp3) is 0.435. The molecule has 0 aromatic heterocycles. The van der Waals surface area contributed by atoms with E-state index in [-0.39, 0.29) is 11.8 Å². The van der Waals surface area contributed by atoms with Crippen LogP contribution in [-0.4, -0.2) is 30.7 Å². The molecular formula is C23H26N2O3. The van der Waals surface area contributed by atoms with Crippen LogP contribution < -0.4 is 14.2 Å². The molecule has 0 unspecified atom stereocenters. The Morgan fingerprint density at radius 1 is 1.04 bits per heavy atom. The van der Waals surface area contributed by atoms with Crippen molar-refractivity contribution in [2.75, 3.05) is 14.2 Å². The lowest BCUT2D eigenvalue weighted by atomic mass is 9.86. The number of nitrogens with zero attached hydrogens (tertiary/aromatic N) is 2. The Kier molecular flexibility index (Phi) is 4.18. The van der Waals surface area contributed by atoms with Gasteiger partial charge < -0.3 is 14.2 Å². The third-order valence-electron chi connectivity index (χ3n) is 6.25. The van der Waals surface area contributed by atoms with Gasteiger partial charge in [-0.2, -0.15) is 5.10 Å². The van der Waals surface area contributed by atoms with Crippen LogP contribution >= 0.6 is 0 Å². The van der Waals surface area contributed by atoms with E-state index in [1.807, 2.05) is 24.3 Å². The first-order valence-electron chi connectivity index (χ1n) is 10.1. The number of hydrazone groups is 1. The van der Waals surface area contributed by atoms with E-state index < -0.39 is 0 Å². The van der Waals surface area contributed by atoms with Crippen molar-refractivity contribution < 1.29 is 14.2 Å². The largest absolute Gasteiger partial charge is 0.497 e. The van der Waals surface area contributed by atoms with E-state index in [4.69, 9.17) is 19.3 Å². The molecule has 0 radical (unpaired) electrons. The molecule has 2 aromatic rings. The number of fused-ring (bicyclic) bond motifs is 4. The third-order valence-corrected chi connectivity index (χ3v) is 6.25. The van der Waals surface area contributed by atoms with Gasteiger partial charge in [-0.1, -0.05) is 30.7 Å². The van der Waals surface area contributed by atoms with E-state index >= 15 is 0 Å². The normalized spacial score (nSPS) is 22.1. The monoisotopic (exact) mass is 378 g/mol. The van der Waals surface area contributed by atoms with Crippen molar-refractivity contribution in [3.8, 4) is 17.2 Å². The summed E-state index contributed by atoms with van der Waals surface area (Å²) in [6.07, 6.45) is 6.44. The minimum absolute atomic E-state index is 0.179. The van der Waals surface area contributed by atoms with E-state index in [1.165, 1.54) is 6.42 Å². The van der Waals surface area contributed by atoms with Gasteiger partial charge in [0, 0.05) is 30.4 Å². The van der Waals surface area contributed by atoms with Crippen molar-refractivity contribution in [2.24, 2.45) is 5.10 Å². The van der Waals surface area contributed by atoms with E-state index in [1.54, 1.807) is 14.2 Å². The Balaban J connectivity index is 1.60. The Hall–Kier alpha value is -2.69. The molecule has 2 aromatic carbocycles. The third kappa shape index (κ3) is 2.64. The van der Waals surface area contributed by atoms with E-state index in [2.05, 4.69) is 23.2 Å². The highest BCUT2D eigenvalue weighted by Gasteiger charge is 2.51. The first kappa shape index (κ1) is 17.4. The lowest BCUT2D eigenvalue weighted by Gasteiger charge is -2.49. The zero-order valence-corrected chi connectivity index (χ0v) is 16.5. The highest BCUT2D eigenvalue weighted by atomic mass is 16.5. The highest BCUT2D eigenvalue weighted by Crippen LogP contribution is 2.53. The standard InChI is InChI=1S/C23H26N2O3/c1-26-17-9-6-8-16(14-17)19-15-20-18-10-7-11-21(27-2)22(18)28-23(25(20)24-19)12-4-3-5-13-23/h6-11,14,20H,3-5,12-13,15H2,1-2H3/t20-/m1/s1. The molecule has 5 heteroatoms. The number of rotatable bonds is 3. The van der Waals surface area contributed by atoms with Gasteiger partial charge in [-0.25, -0.2) is 5.01 Å². The SMILES string of the molecule is COc1cccc(C2=NN3[C@H](C2)c2cccc(OC)c2OC32CCCCC2)c1. The zero-order valence-electron chi connectivity index (χ0n) is 16.5. The number of hydrogen-bond acceptors (Lipinski definition) is 5. The van der Waals surface area contributed by atoms with Gasteiger partial charge in [-0.05, 0) is 31.0 Å². The van der Waals surface area contributed by atoms with Gasteiger partial charge in [-0.3, -0.25) is 0 Å². The van der Waals surface area contributed by atoms with Crippen LogP contribution in [0.3, 0.4) is 0 Å². The summed E-state index contributed by atoms with van der Waals surface area (Å²) in [4.78, 5) is 0. The van der Waals surface area contributed by atoms with Crippen LogP contribution in [0.1, 0.15) is 55.7 Å². The summed E-state index contributed by atoms with van der Waals surface area (Å²) in [5.41, 5.74) is 3.00. The molecule has 1 saturated carbocycles. The van der Waals surface area contributed by atoms with Crippen molar-refractivity contribution in [1.29, 1.82) is 0 Å². The molecule has 1 aliphatic carbocycles. The molecule has 146 valence electrons. The molecule has 1 spiro atoms. The molecule has 3 aliphatic rings. The Morgan fingerprint density at radius 3 is 2.64 bits per heavy atom. The summed E-state index contributed by atoms with van der Waals surface area (Å²) in [5.74, 6) is 2.57. The van der Waals surface area contributed by atoms with Gasteiger partial charge in [0.1, 0.15) is 5.75 Å². The average molecular weight is 378 g/mol. The second-order valence-corrected chi connectivity index (χ2v) is 7.83. The molecule has 28 heavy (non-hydrogen) atoms. The van der Waals surface area contributed by atoms with Gasteiger partial charge in [0.25, 0.3) is 0 Å². The lowest BCUT2D eigenvalue weighted by molar-refractivity contribution is -0.141. The Bertz CT molecular complexity index is 918. The maximum Gasteiger partial charge on any atom is 0.198 e. The van der Waals surface area contributed by atoms with Crippen LogP contribution in [0.2, 0.25) is 0 Å². The number of para-hydroxylation sites is 1. The smallest absolute Gasteiger partial charge is 0.198 e. The first-order valence-corrected chi connectivity index (χ1v) is 10.1. The van der Waals surface area contributed by atoms with Gasteiger partial charge >= 0.3 is 0 Å². The number of benzene rings is 2. The summed E-state index contributed by atoms with van der Waals surface area (Å²) in [5, 5.41) is 7.37. The second kappa shape index (κ2) is 6.73. The fourth-order valence-electron chi connectivity index (χ4n) is 4.84. The maximum absolute atomic E-state index is 6.69. The molecule has 2 heterocycles. The molecule has 0 N–H and O–H groups in total. The highest BCUT2D eigenvalue weighted by molar-refractivity contribution is 6.02. The van der Waals surface area contributed by atoms with Crippen molar-refractivity contribution in [3.05, 3.63) is 53.6 Å². The Labute approximate surface area is 165 Å². The molecule has 0 amide bonds. The summed E-state index contributed by atoms with van der Waals surface area (Å²) in [7, 11) is 3.41. The molecule has 1 atom stereocenters. The second-order valence-electron chi connectivity index (χ2n) is 7.83. The van der Waals surface area contributed by atoms with Gasteiger partial charge in [0.2, 0.25) is 0 Å². The fourth-order valence-corrected chi connectivity index (χ4v) is 4.84. The summed E-state index contributed by atoms with van der Waals surface area (Å²) < 4.78 is 17.8. The van der Waals surface area contributed by atoms with Crippen LogP contribution in [0.5, 0.6) is 17.2 Å². The Morgan fingerprint density at radius 2 is 1.86 bits per heavy atom. The summed E-state index contributed by atoms with van der Waals surface area (Å²) >= 11 is 0. The van der Waals surface area contributed by atoms with E-state index in [0.29, 0.717) is 0 Å². The minimum atomic E-state index is -0.370. The van der Waals surface area contributed by atoms with E-state index in [0.717, 1.165) is 66.2 Å². The zero-order chi connectivity index (χ0) is 19.1. The van der Waals surface area contributed by atoms with Gasteiger partial charge in [0.15, 0.2) is 17.2 Å². The predicted molar refractivity (Wildman–Crippen MR) is 108 cm³/mol. The molecule has 5 rings (SSSR count). The average Bonchev–Trinajstić information content (AvgIpc) is 3.21. The molecule has 0 bridgehead atoms. The van der Waals surface area contributed by atoms with Crippen LogP contribution in [0.4, 0.5) is 0 Å². The first-order chi connectivity index (χ1) is 13.7. The van der Waals surface area contributed by atoms with Crippen molar-refractivity contribution >= 4 is 5.71 Å². The topological polar surface area (TPSA) is 43.3 Å². The van der Waals surface area contributed by atoms with Crippen LogP contribution in [0.25, 0.3) is 0 Å². The molecule has 2 aliphatic heterocycles. The van der Waals surface area contributed by atoms with E-state index in [9.17, 15) is 0 Å². The summed E-state index contributed by atoms with van der Waals surface area (Å²) in [6.45, 7) is 0. The summed E-state index contributed by atoms with van der Waals surface area (Å²) in [6, 6.07) is 14.5. The molecular weight excluding hydrogens is 352 g/mol. The molecule has 0 saturated heterocycles.